The fourth-order valence-electron chi connectivity index (χ4n) is 1.65. The van der Waals surface area contributed by atoms with Crippen LogP contribution >= 0.6 is 11.8 Å². The minimum absolute atomic E-state index is 0.394. The fraction of sp³-hybridized carbons (Fsp3) is 0.846. The van der Waals surface area contributed by atoms with Crippen molar-refractivity contribution >= 4 is 11.8 Å². The fourth-order valence-corrected chi connectivity index (χ4v) is 3.25. The van der Waals surface area contributed by atoms with Crippen LogP contribution in [0.1, 0.15) is 48.0 Å². The molecule has 0 amide bonds. The quantitative estimate of drug-likeness (QED) is 0.532. The van der Waals surface area contributed by atoms with Crippen LogP contribution in [0.4, 0.5) is 0 Å². The predicted molar refractivity (Wildman–Crippen MR) is 67.8 cm³/mol. The standard InChI is InChI=1S/C13H24S/c1-12(2,3)10-8-7-9-11(14-10)13(4,5)6/h7-8,10-11H,9H2,1-6H3. The van der Waals surface area contributed by atoms with E-state index in [-0.39, 0.29) is 0 Å². The van der Waals surface area contributed by atoms with Gasteiger partial charge in [0.2, 0.25) is 0 Å². The topological polar surface area (TPSA) is 0 Å². The Bertz CT molecular complexity index is 214. The zero-order valence-electron chi connectivity index (χ0n) is 10.4. The molecule has 2 atom stereocenters. The molecule has 1 aliphatic heterocycles. The summed E-state index contributed by atoms with van der Waals surface area (Å²) < 4.78 is 0. The molecule has 1 aliphatic rings. The third-order valence-corrected chi connectivity index (χ3v) is 5.18. The minimum atomic E-state index is 0.394. The summed E-state index contributed by atoms with van der Waals surface area (Å²) in [4.78, 5) is 0. The maximum atomic E-state index is 2.40. The van der Waals surface area contributed by atoms with Gasteiger partial charge in [0.25, 0.3) is 0 Å². The average Bonchev–Trinajstić information content (AvgIpc) is 2.01. The largest absolute Gasteiger partial charge is 0.150 e. The molecule has 0 radical (unpaired) electrons. The van der Waals surface area contributed by atoms with E-state index in [9.17, 15) is 0 Å². The molecule has 2 unspecified atom stereocenters. The highest BCUT2D eigenvalue weighted by Crippen LogP contribution is 2.44. The van der Waals surface area contributed by atoms with E-state index in [0.29, 0.717) is 16.1 Å². The molecule has 0 N–H and O–H groups in total. The number of allylic oxidation sites excluding steroid dienone is 1. The van der Waals surface area contributed by atoms with Gasteiger partial charge < -0.3 is 0 Å². The van der Waals surface area contributed by atoms with Crippen molar-refractivity contribution in [3.63, 3.8) is 0 Å². The molecular formula is C13H24S. The molecule has 14 heavy (non-hydrogen) atoms. The molecule has 1 rings (SSSR count). The van der Waals surface area contributed by atoms with Crippen LogP contribution in [0, 0.1) is 10.8 Å². The summed E-state index contributed by atoms with van der Waals surface area (Å²) in [6.45, 7) is 14.1. The summed E-state index contributed by atoms with van der Waals surface area (Å²) >= 11 is 2.16. The lowest BCUT2D eigenvalue weighted by atomic mass is 9.87. The first-order valence-corrected chi connectivity index (χ1v) is 6.47. The molecule has 0 saturated heterocycles. The van der Waals surface area contributed by atoms with Crippen molar-refractivity contribution < 1.29 is 0 Å². The van der Waals surface area contributed by atoms with Gasteiger partial charge >= 0.3 is 0 Å². The van der Waals surface area contributed by atoms with Gasteiger partial charge in [0.15, 0.2) is 0 Å². The summed E-state index contributed by atoms with van der Waals surface area (Å²) in [5.41, 5.74) is 0.823. The van der Waals surface area contributed by atoms with Gasteiger partial charge in [-0.05, 0) is 17.3 Å². The van der Waals surface area contributed by atoms with Crippen LogP contribution in [-0.2, 0) is 0 Å². The van der Waals surface area contributed by atoms with Gasteiger partial charge in [0, 0.05) is 10.5 Å². The Hall–Kier alpha value is 0.0900. The number of hydrogen-bond acceptors (Lipinski definition) is 1. The van der Waals surface area contributed by atoms with Gasteiger partial charge in [-0.25, -0.2) is 0 Å². The van der Waals surface area contributed by atoms with Gasteiger partial charge in [-0.1, -0.05) is 53.7 Å². The first-order valence-electron chi connectivity index (χ1n) is 5.53. The molecule has 0 aliphatic carbocycles. The second-order valence-corrected chi connectivity index (χ2v) is 7.79. The summed E-state index contributed by atoms with van der Waals surface area (Å²) in [6.07, 6.45) is 6.01. The van der Waals surface area contributed by atoms with Gasteiger partial charge in [0.1, 0.15) is 0 Å². The van der Waals surface area contributed by atoms with Gasteiger partial charge in [-0.2, -0.15) is 0 Å². The molecule has 0 aromatic rings. The van der Waals surface area contributed by atoms with E-state index in [1.807, 2.05) is 0 Å². The maximum absolute atomic E-state index is 2.40. The lowest BCUT2D eigenvalue weighted by Crippen LogP contribution is -2.32. The summed E-state index contributed by atoms with van der Waals surface area (Å²) in [5.74, 6) is 0. The Morgan fingerprint density at radius 2 is 1.57 bits per heavy atom. The van der Waals surface area contributed by atoms with Crippen molar-refractivity contribution in [2.45, 2.75) is 58.5 Å². The van der Waals surface area contributed by atoms with Gasteiger partial charge in [-0.15, -0.1) is 11.8 Å². The van der Waals surface area contributed by atoms with E-state index >= 15 is 0 Å². The molecule has 82 valence electrons. The molecule has 0 bridgehead atoms. The lowest BCUT2D eigenvalue weighted by molar-refractivity contribution is 0.379. The second-order valence-electron chi connectivity index (χ2n) is 6.44. The van der Waals surface area contributed by atoms with Crippen LogP contribution in [0.5, 0.6) is 0 Å². The number of thioether (sulfide) groups is 1. The maximum Gasteiger partial charge on any atom is 0.0278 e. The average molecular weight is 212 g/mol. The van der Waals surface area contributed by atoms with E-state index in [4.69, 9.17) is 0 Å². The van der Waals surface area contributed by atoms with Crippen LogP contribution in [0.25, 0.3) is 0 Å². The Balaban J connectivity index is 2.71. The van der Waals surface area contributed by atoms with Crippen molar-refractivity contribution in [2.24, 2.45) is 10.8 Å². The molecule has 0 nitrogen and oxygen atoms in total. The molecule has 0 aromatic carbocycles. The first kappa shape index (κ1) is 12.2. The highest BCUT2D eigenvalue weighted by atomic mass is 32.2. The summed E-state index contributed by atoms with van der Waals surface area (Å²) in [6, 6.07) is 0. The van der Waals surface area contributed by atoms with Crippen LogP contribution in [0.15, 0.2) is 12.2 Å². The van der Waals surface area contributed by atoms with Crippen molar-refractivity contribution in [2.75, 3.05) is 0 Å². The normalized spacial score (nSPS) is 29.3. The highest BCUT2D eigenvalue weighted by Gasteiger charge is 2.33. The SMILES string of the molecule is CC(C)(C)C1C=CCC(C(C)(C)C)S1. The van der Waals surface area contributed by atoms with E-state index in [1.165, 1.54) is 6.42 Å². The Labute approximate surface area is 93.5 Å². The minimum Gasteiger partial charge on any atom is -0.150 e. The second kappa shape index (κ2) is 3.92. The van der Waals surface area contributed by atoms with Gasteiger partial charge in [0.05, 0.1) is 0 Å². The molecule has 0 fully saturated rings. The molecular weight excluding hydrogens is 188 g/mol. The zero-order valence-corrected chi connectivity index (χ0v) is 11.2. The highest BCUT2D eigenvalue weighted by molar-refractivity contribution is 8.00. The van der Waals surface area contributed by atoms with E-state index in [1.54, 1.807) is 0 Å². The van der Waals surface area contributed by atoms with Crippen LogP contribution in [0.3, 0.4) is 0 Å². The molecule has 0 aromatic heterocycles. The first-order chi connectivity index (χ1) is 6.21. The van der Waals surface area contributed by atoms with Crippen molar-refractivity contribution in [1.29, 1.82) is 0 Å². The van der Waals surface area contributed by atoms with Crippen molar-refractivity contribution in [3.8, 4) is 0 Å². The molecule has 1 heterocycles. The van der Waals surface area contributed by atoms with Crippen molar-refractivity contribution in [3.05, 3.63) is 12.2 Å². The monoisotopic (exact) mass is 212 g/mol. The van der Waals surface area contributed by atoms with Crippen molar-refractivity contribution in [1.82, 2.24) is 0 Å². The Morgan fingerprint density at radius 1 is 1.00 bits per heavy atom. The van der Waals surface area contributed by atoms with Crippen LogP contribution in [0.2, 0.25) is 0 Å². The van der Waals surface area contributed by atoms with E-state index in [2.05, 4.69) is 65.5 Å². The third kappa shape index (κ3) is 3.05. The molecule has 0 spiro atoms. The summed E-state index contributed by atoms with van der Waals surface area (Å²) in [5, 5.41) is 1.46. The lowest BCUT2D eigenvalue weighted by Gasteiger charge is -2.39. The molecule has 0 saturated carbocycles. The van der Waals surface area contributed by atoms with E-state index < -0.39 is 0 Å². The zero-order chi connectivity index (χ0) is 11.0. The van der Waals surface area contributed by atoms with Crippen LogP contribution < -0.4 is 0 Å². The van der Waals surface area contributed by atoms with Gasteiger partial charge in [-0.3, -0.25) is 0 Å². The number of rotatable bonds is 0. The molecule has 1 heteroatoms. The smallest absolute Gasteiger partial charge is 0.0278 e. The number of hydrogen-bond donors (Lipinski definition) is 0. The van der Waals surface area contributed by atoms with Crippen LogP contribution in [-0.4, -0.2) is 10.5 Å². The Morgan fingerprint density at radius 3 is 2.00 bits per heavy atom. The Kier molecular flexibility index (Phi) is 3.41. The predicted octanol–water partition coefficient (Wildman–Crippen LogP) is 4.51. The third-order valence-electron chi connectivity index (χ3n) is 2.79. The summed E-state index contributed by atoms with van der Waals surface area (Å²) in [7, 11) is 0. The van der Waals surface area contributed by atoms with E-state index in [0.717, 1.165) is 5.25 Å².